The first kappa shape index (κ1) is 20.5. The summed E-state index contributed by atoms with van der Waals surface area (Å²) in [7, 11) is 1.21. The van der Waals surface area contributed by atoms with E-state index in [1.54, 1.807) is 6.07 Å². The quantitative estimate of drug-likeness (QED) is 0.430. The van der Waals surface area contributed by atoms with Crippen LogP contribution in [0.15, 0.2) is 24.3 Å². The van der Waals surface area contributed by atoms with Gasteiger partial charge in [-0.3, -0.25) is 10.1 Å². The number of nitro benzene ring substituents is 1. The largest absolute Gasteiger partial charge is 0.465 e. The van der Waals surface area contributed by atoms with E-state index in [4.69, 9.17) is 9.72 Å². The zero-order valence-corrected chi connectivity index (χ0v) is 17.1. The van der Waals surface area contributed by atoms with Crippen molar-refractivity contribution in [2.75, 3.05) is 43.1 Å². The molecule has 1 saturated heterocycles. The molecule has 9 heteroatoms. The first-order chi connectivity index (χ1) is 13.8. The van der Waals surface area contributed by atoms with Gasteiger partial charge in [0, 0.05) is 55.6 Å². The highest BCUT2D eigenvalue weighted by Crippen LogP contribution is 2.27. The van der Waals surface area contributed by atoms with Crippen LogP contribution in [0.25, 0.3) is 0 Å². The maximum Gasteiger partial charge on any atom is 0.344 e. The molecule has 3 rings (SSSR count). The SMILES string of the molecule is COC(=O)c1cc(N2CCN(c3cc(C)nc(C(C)C)n3)CC2)ccc1[N+](=O)[O-]. The fourth-order valence-corrected chi connectivity index (χ4v) is 3.34. The molecule has 1 aliphatic rings. The minimum absolute atomic E-state index is 0.0366. The number of ether oxygens (including phenoxy) is 1. The van der Waals surface area contributed by atoms with Crippen LogP contribution in [0, 0.1) is 17.0 Å². The van der Waals surface area contributed by atoms with E-state index in [-0.39, 0.29) is 17.2 Å². The van der Waals surface area contributed by atoms with Gasteiger partial charge >= 0.3 is 5.97 Å². The van der Waals surface area contributed by atoms with Gasteiger partial charge in [0.1, 0.15) is 17.2 Å². The Hall–Kier alpha value is -3.23. The van der Waals surface area contributed by atoms with Gasteiger partial charge in [0.25, 0.3) is 5.69 Å². The van der Waals surface area contributed by atoms with Crippen molar-refractivity contribution < 1.29 is 14.5 Å². The fraction of sp³-hybridized carbons (Fsp3) is 0.450. The molecule has 0 bridgehead atoms. The van der Waals surface area contributed by atoms with Gasteiger partial charge in [0.05, 0.1) is 12.0 Å². The third-order valence-electron chi connectivity index (χ3n) is 4.93. The van der Waals surface area contributed by atoms with Crippen LogP contribution in [-0.2, 0) is 4.74 Å². The number of nitrogens with zero attached hydrogens (tertiary/aromatic N) is 5. The summed E-state index contributed by atoms with van der Waals surface area (Å²) in [6.45, 7) is 9.03. The molecule has 2 aromatic rings. The zero-order valence-electron chi connectivity index (χ0n) is 17.1. The summed E-state index contributed by atoms with van der Waals surface area (Å²) in [4.78, 5) is 36.1. The monoisotopic (exact) mass is 399 g/mol. The Morgan fingerprint density at radius 1 is 1.14 bits per heavy atom. The van der Waals surface area contributed by atoms with Crippen LogP contribution >= 0.6 is 0 Å². The Bertz CT molecular complexity index is 923. The predicted molar refractivity (Wildman–Crippen MR) is 110 cm³/mol. The van der Waals surface area contributed by atoms with Crippen LogP contribution < -0.4 is 9.80 Å². The highest BCUT2D eigenvalue weighted by molar-refractivity contribution is 5.95. The number of aromatic nitrogens is 2. The minimum atomic E-state index is -0.713. The lowest BCUT2D eigenvalue weighted by Crippen LogP contribution is -2.47. The standard InChI is InChI=1S/C20H25N5O4/c1-13(2)19-21-14(3)11-18(22-19)24-9-7-23(8-10-24)15-5-6-17(25(27)28)16(12-15)20(26)29-4/h5-6,11-13H,7-10H2,1-4H3. The van der Waals surface area contributed by atoms with Crippen LogP contribution in [0.4, 0.5) is 17.2 Å². The van der Waals surface area contributed by atoms with E-state index in [1.165, 1.54) is 19.2 Å². The number of methoxy groups -OCH3 is 1. The molecule has 0 unspecified atom stereocenters. The number of hydrogen-bond acceptors (Lipinski definition) is 8. The summed E-state index contributed by atoms with van der Waals surface area (Å²) in [5.41, 5.74) is 1.42. The van der Waals surface area contributed by atoms with Crippen molar-refractivity contribution in [2.24, 2.45) is 0 Å². The summed E-state index contributed by atoms with van der Waals surface area (Å²) in [5, 5.41) is 11.2. The minimum Gasteiger partial charge on any atom is -0.465 e. The smallest absolute Gasteiger partial charge is 0.344 e. The van der Waals surface area contributed by atoms with Crippen LogP contribution in [0.2, 0.25) is 0 Å². The summed E-state index contributed by atoms with van der Waals surface area (Å²) >= 11 is 0. The molecule has 154 valence electrons. The van der Waals surface area contributed by atoms with E-state index in [1.807, 2.05) is 13.0 Å². The van der Waals surface area contributed by atoms with Crippen LogP contribution in [0.3, 0.4) is 0 Å². The normalized spacial score (nSPS) is 14.2. The molecule has 0 atom stereocenters. The maximum absolute atomic E-state index is 12.0. The first-order valence-corrected chi connectivity index (χ1v) is 9.52. The average molecular weight is 399 g/mol. The Morgan fingerprint density at radius 3 is 2.38 bits per heavy atom. The zero-order chi connectivity index (χ0) is 21.1. The maximum atomic E-state index is 12.0. The van der Waals surface area contributed by atoms with Crippen molar-refractivity contribution in [1.29, 1.82) is 0 Å². The number of carbonyl (C=O) groups is 1. The molecular formula is C20H25N5O4. The molecule has 0 aliphatic carbocycles. The number of piperazine rings is 1. The molecule has 1 aromatic carbocycles. The molecule has 0 saturated carbocycles. The van der Waals surface area contributed by atoms with Gasteiger partial charge in [0.2, 0.25) is 0 Å². The van der Waals surface area contributed by atoms with Crippen molar-refractivity contribution in [2.45, 2.75) is 26.7 Å². The number of rotatable bonds is 5. The predicted octanol–water partition coefficient (Wildman–Crippen LogP) is 2.93. The van der Waals surface area contributed by atoms with Gasteiger partial charge in [0.15, 0.2) is 0 Å². The molecule has 1 aliphatic heterocycles. The Labute approximate surface area is 169 Å². The van der Waals surface area contributed by atoms with Crippen LogP contribution in [-0.4, -0.2) is 54.1 Å². The van der Waals surface area contributed by atoms with Gasteiger partial charge in [-0.25, -0.2) is 14.8 Å². The molecule has 0 spiro atoms. The fourth-order valence-electron chi connectivity index (χ4n) is 3.34. The summed E-state index contributed by atoms with van der Waals surface area (Å²) < 4.78 is 4.70. The van der Waals surface area contributed by atoms with Crippen molar-refractivity contribution in [3.63, 3.8) is 0 Å². The van der Waals surface area contributed by atoms with Gasteiger partial charge in [-0.05, 0) is 19.1 Å². The topological polar surface area (TPSA) is 102 Å². The Morgan fingerprint density at radius 2 is 1.79 bits per heavy atom. The molecule has 0 N–H and O–H groups in total. The van der Waals surface area contributed by atoms with E-state index >= 15 is 0 Å². The number of carbonyl (C=O) groups excluding carboxylic acids is 1. The van der Waals surface area contributed by atoms with E-state index in [2.05, 4.69) is 28.6 Å². The van der Waals surface area contributed by atoms with Gasteiger partial charge < -0.3 is 14.5 Å². The van der Waals surface area contributed by atoms with Crippen molar-refractivity contribution in [3.8, 4) is 0 Å². The number of nitro groups is 1. The molecule has 9 nitrogen and oxygen atoms in total. The lowest BCUT2D eigenvalue weighted by atomic mass is 10.1. The second-order valence-electron chi connectivity index (χ2n) is 7.30. The number of benzene rings is 1. The van der Waals surface area contributed by atoms with Crippen LogP contribution in [0.1, 0.15) is 41.6 Å². The summed E-state index contributed by atoms with van der Waals surface area (Å²) in [5.74, 6) is 1.29. The lowest BCUT2D eigenvalue weighted by Gasteiger charge is -2.37. The summed E-state index contributed by atoms with van der Waals surface area (Å²) in [6, 6.07) is 6.55. The molecule has 2 heterocycles. The van der Waals surface area contributed by atoms with Crippen molar-refractivity contribution in [1.82, 2.24) is 9.97 Å². The molecule has 1 aromatic heterocycles. The number of anilines is 2. The average Bonchev–Trinajstić information content (AvgIpc) is 2.72. The molecule has 29 heavy (non-hydrogen) atoms. The first-order valence-electron chi connectivity index (χ1n) is 9.52. The van der Waals surface area contributed by atoms with Gasteiger partial charge in [-0.2, -0.15) is 0 Å². The number of aryl methyl sites for hydroxylation is 1. The second-order valence-corrected chi connectivity index (χ2v) is 7.30. The van der Waals surface area contributed by atoms with E-state index in [9.17, 15) is 14.9 Å². The molecule has 1 fully saturated rings. The van der Waals surface area contributed by atoms with Gasteiger partial charge in [-0.15, -0.1) is 0 Å². The third-order valence-corrected chi connectivity index (χ3v) is 4.93. The van der Waals surface area contributed by atoms with Gasteiger partial charge in [-0.1, -0.05) is 13.8 Å². The van der Waals surface area contributed by atoms with Crippen molar-refractivity contribution >= 4 is 23.2 Å². The van der Waals surface area contributed by atoms with Crippen LogP contribution in [0.5, 0.6) is 0 Å². The Balaban J connectivity index is 1.77. The molecule has 0 amide bonds. The molecular weight excluding hydrogens is 374 g/mol. The summed E-state index contributed by atoms with van der Waals surface area (Å²) in [6.07, 6.45) is 0. The van der Waals surface area contributed by atoms with E-state index in [0.717, 1.165) is 36.1 Å². The van der Waals surface area contributed by atoms with Crippen molar-refractivity contribution in [3.05, 3.63) is 51.5 Å². The third kappa shape index (κ3) is 4.44. The number of hydrogen-bond donors (Lipinski definition) is 0. The number of esters is 1. The highest BCUT2D eigenvalue weighted by Gasteiger charge is 2.25. The highest BCUT2D eigenvalue weighted by atomic mass is 16.6. The second kappa shape index (κ2) is 8.42. The van der Waals surface area contributed by atoms with E-state index in [0.29, 0.717) is 13.1 Å². The molecule has 0 radical (unpaired) electrons. The van der Waals surface area contributed by atoms with E-state index < -0.39 is 10.9 Å². The lowest BCUT2D eigenvalue weighted by molar-refractivity contribution is -0.385. The Kier molecular flexibility index (Phi) is 5.95.